The fourth-order valence-electron chi connectivity index (χ4n) is 2.47. The SMILES string of the molecule is COc1cc(C(=O)O)cc(Br)c1OC1CCC(C)CC1. The molecule has 110 valence electrons. The minimum absolute atomic E-state index is 0.173. The molecular formula is C15H19BrO4. The predicted molar refractivity (Wildman–Crippen MR) is 79.7 cm³/mol. The Morgan fingerprint density at radius 2 is 1.95 bits per heavy atom. The molecule has 1 fully saturated rings. The van der Waals surface area contributed by atoms with E-state index in [-0.39, 0.29) is 11.7 Å². The Labute approximate surface area is 127 Å². The molecular weight excluding hydrogens is 324 g/mol. The normalized spacial score (nSPS) is 22.4. The molecule has 0 saturated heterocycles. The maximum absolute atomic E-state index is 11.0. The molecule has 1 aromatic rings. The first kappa shape index (κ1) is 15.2. The first-order valence-electron chi connectivity index (χ1n) is 6.78. The fourth-order valence-corrected chi connectivity index (χ4v) is 3.01. The van der Waals surface area contributed by atoms with Crippen molar-refractivity contribution in [3.63, 3.8) is 0 Å². The predicted octanol–water partition coefficient (Wildman–Crippen LogP) is 4.11. The minimum Gasteiger partial charge on any atom is -0.493 e. The molecule has 0 bridgehead atoms. The van der Waals surface area contributed by atoms with Gasteiger partial charge in [-0.1, -0.05) is 6.92 Å². The molecule has 0 radical (unpaired) electrons. The van der Waals surface area contributed by atoms with E-state index in [9.17, 15) is 4.79 Å². The number of carboxylic acids is 1. The lowest BCUT2D eigenvalue weighted by Gasteiger charge is -2.28. The van der Waals surface area contributed by atoms with Gasteiger partial charge < -0.3 is 14.6 Å². The van der Waals surface area contributed by atoms with Gasteiger partial charge in [-0.05, 0) is 59.7 Å². The van der Waals surface area contributed by atoms with Gasteiger partial charge in [0.15, 0.2) is 11.5 Å². The Kier molecular flexibility index (Phi) is 4.91. The summed E-state index contributed by atoms with van der Waals surface area (Å²) in [4.78, 5) is 11.0. The highest BCUT2D eigenvalue weighted by Crippen LogP contribution is 2.39. The number of benzene rings is 1. The molecule has 0 aromatic heterocycles. The second-order valence-electron chi connectivity index (χ2n) is 5.29. The number of ether oxygens (including phenoxy) is 2. The van der Waals surface area contributed by atoms with Crippen molar-refractivity contribution in [2.24, 2.45) is 5.92 Å². The van der Waals surface area contributed by atoms with Crippen molar-refractivity contribution < 1.29 is 19.4 Å². The van der Waals surface area contributed by atoms with Gasteiger partial charge in [0.1, 0.15) is 0 Å². The van der Waals surface area contributed by atoms with Crippen molar-refractivity contribution in [1.82, 2.24) is 0 Å². The fraction of sp³-hybridized carbons (Fsp3) is 0.533. The maximum atomic E-state index is 11.0. The number of carboxylic acid groups (broad SMARTS) is 1. The van der Waals surface area contributed by atoms with Crippen LogP contribution in [0.4, 0.5) is 0 Å². The third-order valence-electron chi connectivity index (χ3n) is 3.72. The number of carbonyl (C=O) groups is 1. The van der Waals surface area contributed by atoms with Gasteiger partial charge in [-0.25, -0.2) is 4.79 Å². The smallest absolute Gasteiger partial charge is 0.335 e. The summed E-state index contributed by atoms with van der Waals surface area (Å²) in [7, 11) is 1.52. The topological polar surface area (TPSA) is 55.8 Å². The molecule has 0 atom stereocenters. The molecule has 5 heteroatoms. The highest BCUT2D eigenvalue weighted by atomic mass is 79.9. The zero-order chi connectivity index (χ0) is 14.7. The Hall–Kier alpha value is -1.23. The quantitative estimate of drug-likeness (QED) is 0.894. The summed E-state index contributed by atoms with van der Waals surface area (Å²) in [6, 6.07) is 3.04. The number of aromatic carboxylic acids is 1. The van der Waals surface area contributed by atoms with Crippen LogP contribution in [-0.4, -0.2) is 24.3 Å². The molecule has 1 N–H and O–H groups in total. The molecule has 0 spiro atoms. The Morgan fingerprint density at radius 3 is 2.50 bits per heavy atom. The zero-order valence-corrected chi connectivity index (χ0v) is 13.3. The Bertz CT molecular complexity index is 493. The van der Waals surface area contributed by atoms with E-state index in [4.69, 9.17) is 14.6 Å². The molecule has 1 aliphatic rings. The van der Waals surface area contributed by atoms with E-state index in [2.05, 4.69) is 22.9 Å². The van der Waals surface area contributed by atoms with Gasteiger partial charge in [0, 0.05) is 0 Å². The van der Waals surface area contributed by atoms with Crippen LogP contribution in [0.3, 0.4) is 0 Å². The van der Waals surface area contributed by atoms with Gasteiger partial charge in [0.25, 0.3) is 0 Å². The van der Waals surface area contributed by atoms with Crippen LogP contribution in [0.25, 0.3) is 0 Å². The zero-order valence-electron chi connectivity index (χ0n) is 11.7. The van der Waals surface area contributed by atoms with E-state index in [1.165, 1.54) is 13.2 Å². The molecule has 1 aromatic carbocycles. The van der Waals surface area contributed by atoms with Crippen LogP contribution in [-0.2, 0) is 0 Å². The van der Waals surface area contributed by atoms with E-state index in [1.54, 1.807) is 6.07 Å². The minimum atomic E-state index is -0.984. The molecule has 20 heavy (non-hydrogen) atoms. The largest absolute Gasteiger partial charge is 0.493 e. The number of hydrogen-bond donors (Lipinski definition) is 1. The van der Waals surface area contributed by atoms with Crippen molar-refractivity contribution in [3.8, 4) is 11.5 Å². The highest BCUT2D eigenvalue weighted by molar-refractivity contribution is 9.10. The van der Waals surface area contributed by atoms with Crippen LogP contribution in [0.5, 0.6) is 11.5 Å². The lowest BCUT2D eigenvalue weighted by atomic mass is 9.89. The summed E-state index contributed by atoms with van der Waals surface area (Å²) in [5.41, 5.74) is 0.179. The van der Waals surface area contributed by atoms with E-state index in [0.717, 1.165) is 31.6 Å². The van der Waals surface area contributed by atoms with Crippen molar-refractivity contribution >= 4 is 21.9 Å². The third kappa shape index (κ3) is 3.45. The number of rotatable bonds is 4. The first-order valence-corrected chi connectivity index (χ1v) is 7.58. The van der Waals surface area contributed by atoms with E-state index < -0.39 is 5.97 Å². The number of hydrogen-bond acceptors (Lipinski definition) is 3. The van der Waals surface area contributed by atoms with Crippen LogP contribution < -0.4 is 9.47 Å². The second kappa shape index (κ2) is 6.48. The first-order chi connectivity index (χ1) is 9.51. The third-order valence-corrected chi connectivity index (χ3v) is 4.31. The number of methoxy groups -OCH3 is 1. The molecule has 4 nitrogen and oxygen atoms in total. The standard InChI is InChI=1S/C15H19BrO4/c1-9-3-5-11(6-4-9)20-14-12(16)7-10(15(17)18)8-13(14)19-2/h7-9,11H,3-6H2,1-2H3,(H,17,18). The van der Waals surface area contributed by atoms with Crippen molar-refractivity contribution in [1.29, 1.82) is 0 Å². The van der Waals surface area contributed by atoms with Crippen molar-refractivity contribution in [2.45, 2.75) is 38.7 Å². The molecule has 1 saturated carbocycles. The summed E-state index contributed by atoms with van der Waals surface area (Å²) >= 11 is 3.38. The van der Waals surface area contributed by atoms with Crippen LogP contribution in [0, 0.1) is 5.92 Å². The summed E-state index contributed by atoms with van der Waals surface area (Å²) in [6.45, 7) is 2.26. The molecule has 1 aliphatic carbocycles. The van der Waals surface area contributed by atoms with Crippen molar-refractivity contribution in [2.75, 3.05) is 7.11 Å². The van der Waals surface area contributed by atoms with Gasteiger partial charge in [-0.3, -0.25) is 0 Å². The average Bonchev–Trinajstić information content (AvgIpc) is 2.42. The monoisotopic (exact) mass is 342 g/mol. The van der Waals surface area contributed by atoms with Gasteiger partial charge >= 0.3 is 5.97 Å². The van der Waals surface area contributed by atoms with Gasteiger partial charge in [-0.2, -0.15) is 0 Å². The highest BCUT2D eigenvalue weighted by Gasteiger charge is 2.23. The van der Waals surface area contributed by atoms with Crippen LogP contribution in [0.1, 0.15) is 43.0 Å². The molecule has 0 aliphatic heterocycles. The molecule has 0 heterocycles. The lowest BCUT2D eigenvalue weighted by molar-refractivity contribution is 0.0696. The van der Waals surface area contributed by atoms with E-state index >= 15 is 0 Å². The summed E-state index contributed by atoms with van der Waals surface area (Å²) in [5.74, 6) is 0.823. The van der Waals surface area contributed by atoms with Crippen molar-refractivity contribution in [3.05, 3.63) is 22.2 Å². The molecule has 0 amide bonds. The Balaban J connectivity index is 2.20. The van der Waals surface area contributed by atoms with E-state index in [1.807, 2.05) is 0 Å². The lowest BCUT2D eigenvalue weighted by Crippen LogP contribution is -2.23. The summed E-state index contributed by atoms with van der Waals surface area (Å²) < 4.78 is 11.9. The van der Waals surface area contributed by atoms with E-state index in [0.29, 0.717) is 16.0 Å². The molecule has 0 unspecified atom stereocenters. The average molecular weight is 343 g/mol. The molecule has 2 rings (SSSR count). The van der Waals surface area contributed by atoms with Crippen LogP contribution >= 0.6 is 15.9 Å². The summed E-state index contributed by atoms with van der Waals surface area (Å²) in [5, 5.41) is 9.05. The maximum Gasteiger partial charge on any atom is 0.335 e. The van der Waals surface area contributed by atoms with Crippen LogP contribution in [0.2, 0.25) is 0 Å². The second-order valence-corrected chi connectivity index (χ2v) is 6.15. The number of halogens is 1. The van der Waals surface area contributed by atoms with Gasteiger partial charge in [-0.15, -0.1) is 0 Å². The van der Waals surface area contributed by atoms with Crippen LogP contribution in [0.15, 0.2) is 16.6 Å². The Morgan fingerprint density at radius 1 is 1.30 bits per heavy atom. The summed E-state index contributed by atoms with van der Waals surface area (Å²) in [6.07, 6.45) is 4.55. The van der Waals surface area contributed by atoms with Gasteiger partial charge in [0.05, 0.1) is 23.2 Å². The van der Waals surface area contributed by atoms with Gasteiger partial charge in [0.2, 0.25) is 0 Å².